The molecule has 0 saturated carbocycles. The van der Waals surface area contributed by atoms with Gasteiger partial charge in [-0.1, -0.05) is 23.5 Å². The van der Waals surface area contributed by atoms with Crippen LogP contribution in [-0.4, -0.2) is 15.9 Å². The molecule has 1 amide bonds. The molecule has 2 aromatic heterocycles. The lowest BCUT2D eigenvalue weighted by molar-refractivity contribution is 0.1000. The summed E-state index contributed by atoms with van der Waals surface area (Å²) in [7, 11) is 0. The lowest BCUT2D eigenvalue weighted by Gasteiger charge is -2.24. The average Bonchev–Trinajstić information content (AvgIpc) is 3.15. The van der Waals surface area contributed by atoms with Crippen LogP contribution < -0.4 is 21.7 Å². The molecular weight excluding hydrogens is 336 g/mol. The number of amides is 1. The monoisotopic (exact) mass is 352 g/mol. The molecule has 1 atom stereocenters. The number of benzene rings is 1. The minimum Gasteiger partial charge on any atom is -0.389 e. The molecule has 1 aliphatic rings. The number of thiazole rings is 1. The number of aryl methyl sites for hydroxylation is 1. The molecule has 1 aliphatic heterocycles. The van der Waals surface area contributed by atoms with Crippen molar-refractivity contribution in [1.82, 2.24) is 9.97 Å². The number of nitrogens with zero attached hydrogens (tertiary/aromatic N) is 3. The quantitative estimate of drug-likeness (QED) is 0.668. The number of primary amides is 1. The fraction of sp³-hybridized carbons (Fsp3) is 0.118. The molecule has 25 heavy (non-hydrogen) atoms. The van der Waals surface area contributed by atoms with Gasteiger partial charge < -0.3 is 16.8 Å². The van der Waals surface area contributed by atoms with Crippen LogP contribution in [0.4, 0.5) is 22.2 Å². The SMILES string of the molecule is Cc1nc(C2Nc3ccccc3N2c2cc(C(N)=O)ccn2)sc1N. The van der Waals surface area contributed by atoms with Crippen LogP contribution in [0.15, 0.2) is 42.6 Å². The second-order valence-corrected chi connectivity index (χ2v) is 6.76. The van der Waals surface area contributed by atoms with Crippen molar-refractivity contribution in [3.63, 3.8) is 0 Å². The molecule has 3 aromatic rings. The van der Waals surface area contributed by atoms with E-state index in [1.165, 1.54) is 11.3 Å². The number of rotatable bonds is 3. The topological polar surface area (TPSA) is 110 Å². The summed E-state index contributed by atoms with van der Waals surface area (Å²) in [5.74, 6) is 0.125. The lowest BCUT2D eigenvalue weighted by atomic mass is 10.2. The number of nitrogens with one attached hydrogen (secondary N) is 1. The van der Waals surface area contributed by atoms with E-state index in [0.29, 0.717) is 16.4 Å². The normalized spacial score (nSPS) is 15.7. The maximum Gasteiger partial charge on any atom is 0.248 e. The van der Waals surface area contributed by atoms with Gasteiger partial charge in [-0.25, -0.2) is 9.97 Å². The summed E-state index contributed by atoms with van der Waals surface area (Å²) in [6.07, 6.45) is 1.32. The maximum atomic E-state index is 11.5. The van der Waals surface area contributed by atoms with Crippen molar-refractivity contribution in [3.8, 4) is 0 Å². The van der Waals surface area contributed by atoms with E-state index in [-0.39, 0.29) is 6.17 Å². The average molecular weight is 352 g/mol. The number of pyridine rings is 1. The Morgan fingerprint density at radius 1 is 1.32 bits per heavy atom. The van der Waals surface area contributed by atoms with Crippen molar-refractivity contribution in [2.24, 2.45) is 5.73 Å². The summed E-state index contributed by atoms with van der Waals surface area (Å²) < 4.78 is 0. The number of carbonyl (C=O) groups is 1. The minimum absolute atomic E-state index is 0.256. The molecule has 5 N–H and O–H groups in total. The van der Waals surface area contributed by atoms with Gasteiger partial charge in [0.15, 0.2) is 6.17 Å². The number of hydrogen-bond acceptors (Lipinski definition) is 7. The van der Waals surface area contributed by atoms with Crippen LogP contribution in [0.2, 0.25) is 0 Å². The Morgan fingerprint density at radius 2 is 2.12 bits per heavy atom. The van der Waals surface area contributed by atoms with Gasteiger partial charge >= 0.3 is 0 Å². The summed E-state index contributed by atoms with van der Waals surface area (Å²) in [5.41, 5.74) is 14.5. The van der Waals surface area contributed by atoms with Crippen LogP contribution in [0.1, 0.15) is 27.2 Å². The van der Waals surface area contributed by atoms with E-state index in [2.05, 4.69) is 15.3 Å². The van der Waals surface area contributed by atoms with Crippen molar-refractivity contribution in [2.75, 3.05) is 16.0 Å². The molecule has 0 bridgehead atoms. The first-order chi connectivity index (χ1) is 12.0. The third kappa shape index (κ3) is 2.56. The highest BCUT2D eigenvalue weighted by Crippen LogP contribution is 2.46. The molecule has 0 radical (unpaired) electrons. The zero-order chi connectivity index (χ0) is 17.6. The van der Waals surface area contributed by atoms with Crippen LogP contribution in [-0.2, 0) is 0 Å². The molecule has 0 aliphatic carbocycles. The number of nitrogen functional groups attached to an aromatic ring is 1. The molecule has 1 aromatic carbocycles. The predicted molar refractivity (Wildman–Crippen MR) is 99.0 cm³/mol. The van der Waals surface area contributed by atoms with Gasteiger partial charge in [0.25, 0.3) is 0 Å². The van der Waals surface area contributed by atoms with E-state index in [9.17, 15) is 4.79 Å². The minimum atomic E-state index is -0.491. The molecule has 0 spiro atoms. The molecule has 4 rings (SSSR count). The van der Waals surface area contributed by atoms with Gasteiger partial charge in [-0.2, -0.15) is 0 Å². The van der Waals surface area contributed by atoms with Crippen LogP contribution in [0.25, 0.3) is 0 Å². The summed E-state index contributed by atoms with van der Waals surface area (Å²) >= 11 is 1.43. The first-order valence-electron chi connectivity index (χ1n) is 7.68. The van der Waals surface area contributed by atoms with Gasteiger partial charge in [0.1, 0.15) is 15.8 Å². The number of anilines is 4. The lowest BCUT2D eigenvalue weighted by Crippen LogP contribution is -2.24. The smallest absolute Gasteiger partial charge is 0.248 e. The Balaban J connectivity index is 1.85. The van der Waals surface area contributed by atoms with Gasteiger partial charge in [-0.3, -0.25) is 9.69 Å². The van der Waals surface area contributed by atoms with Gasteiger partial charge in [-0.05, 0) is 31.2 Å². The summed E-state index contributed by atoms with van der Waals surface area (Å²) in [6.45, 7) is 1.88. The molecule has 8 heteroatoms. The third-order valence-corrected chi connectivity index (χ3v) is 5.11. The van der Waals surface area contributed by atoms with Gasteiger partial charge in [0, 0.05) is 11.8 Å². The predicted octanol–water partition coefficient (Wildman–Crippen LogP) is 2.79. The Bertz CT molecular complexity index is 950. The maximum absolute atomic E-state index is 11.5. The first-order valence-corrected chi connectivity index (χ1v) is 8.49. The number of aromatic nitrogens is 2. The third-order valence-electron chi connectivity index (χ3n) is 4.07. The van der Waals surface area contributed by atoms with Crippen LogP contribution >= 0.6 is 11.3 Å². The van der Waals surface area contributed by atoms with Gasteiger partial charge in [0.2, 0.25) is 5.91 Å². The Hall–Kier alpha value is -3.13. The zero-order valence-electron chi connectivity index (χ0n) is 13.4. The van der Waals surface area contributed by atoms with Crippen LogP contribution in [0.5, 0.6) is 0 Å². The number of para-hydroxylation sites is 2. The van der Waals surface area contributed by atoms with Crippen LogP contribution in [0.3, 0.4) is 0 Å². The Labute approximate surface area is 148 Å². The van der Waals surface area contributed by atoms with Crippen LogP contribution in [0, 0.1) is 6.92 Å². The molecular formula is C17H16N6OS. The fourth-order valence-corrected chi connectivity index (χ4v) is 3.71. The Morgan fingerprint density at radius 3 is 2.84 bits per heavy atom. The standard InChI is InChI=1S/C17H16N6OS/c1-9-15(19)25-17(21-9)16-22-11-4-2-3-5-12(11)23(16)13-8-10(14(18)24)6-7-20-13/h2-8,16,22H,19H2,1H3,(H2,18,24). The summed E-state index contributed by atoms with van der Waals surface area (Å²) in [6, 6.07) is 11.2. The zero-order valence-corrected chi connectivity index (χ0v) is 14.2. The van der Waals surface area contributed by atoms with Gasteiger partial charge in [0.05, 0.1) is 17.1 Å². The van der Waals surface area contributed by atoms with E-state index < -0.39 is 5.91 Å². The molecule has 3 heterocycles. The van der Waals surface area contributed by atoms with Crippen molar-refractivity contribution >= 4 is 39.4 Å². The van der Waals surface area contributed by atoms with E-state index in [1.807, 2.05) is 36.1 Å². The first kappa shape index (κ1) is 15.4. The van der Waals surface area contributed by atoms with E-state index in [0.717, 1.165) is 22.1 Å². The molecule has 1 unspecified atom stereocenters. The molecule has 126 valence electrons. The second kappa shape index (κ2) is 5.75. The Kier molecular flexibility index (Phi) is 3.54. The number of carbonyl (C=O) groups excluding carboxylic acids is 1. The summed E-state index contributed by atoms with van der Waals surface area (Å²) in [4.78, 5) is 22.6. The van der Waals surface area contributed by atoms with E-state index in [1.54, 1.807) is 18.3 Å². The van der Waals surface area contributed by atoms with Gasteiger partial charge in [-0.15, -0.1) is 0 Å². The van der Waals surface area contributed by atoms with E-state index in [4.69, 9.17) is 11.5 Å². The molecule has 0 saturated heterocycles. The second-order valence-electron chi connectivity index (χ2n) is 5.70. The van der Waals surface area contributed by atoms with Crippen molar-refractivity contribution < 1.29 is 4.79 Å². The number of fused-ring (bicyclic) bond motifs is 1. The highest BCUT2D eigenvalue weighted by atomic mass is 32.1. The molecule has 0 fully saturated rings. The number of nitrogens with two attached hydrogens (primary N) is 2. The molecule has 7 nitrogen and oxygen atoms in total. The van der Waals surface area contributed by atoms with Crippen molar-refractivity contribution in [2.45, 2.75) is 13.1 Å². The van der Waals surface area contributed by atoms with Crippen molar-refractivity contribution in [3.05, 3.63) is 58.9 Å². The number of hydrogen-bond donors (Lipinski definition) is 3. The summed E-state index contributed by atoms with van der Waals surface area (Å²) in [5, 5.41) is 4.97. The highest BCUT2D eigenvalue weighted by Gasteiger charge is 2.34. The fourth-order valence-electron chi connectivity index (χ4n) is 2.83. The van der Waals surface area contributed by atoms with Crippen molar-refractivity contribution in [1.29, 1.82) is 0 Å². The van der Waals surface area contributed by atoms with E-state index >= 15 is 0 Å². The largest absolute Gasteiger partial charge is 0.389 e. The highest BCUT2D eigenvalue weighted by molar-refractivity contribution is 7.15.